The second-order valence-electron chi connectivity index (χ2n) is 5.18. The molecule has 20 heavy (non-hydrogen) atoms. The van der Waals surface area contributed by atoms with Gasteiger partial charge in [-0.15, -0.1) is 0 Å². The van der Waals surface area contributed by atoms with Gasteiger partial charge in [0.2, 0.25) is 5.91 Å². The van der Waals surface area contributed by atoms with Crippen LogP contribution in [-0.2, 0) is 16.0 Å². The van der Waals surface area contributed by atoms with Crippen LogP contribution in [0, 0.1) is 11.8 Å². The molecule has 0 aliphatic heterocycles. The lowest BCUT2D eigenvalue weighted by Crippen LogP contribution is -2.47. The normalized spacial score (nSPS) is 13.8. The molecule has 5 heteroatoms. The predicted molar refractivity (Wildman–Crippen MR) is 77.1 cm³/mol. The molecular formula is C15H22N2O3. The van der Waals surface area contributed by atoms with Gasteiger partial charge in [0.05, 0.1) is 5.92 Å². The molecule has 0 radical (unpaired) electrons. The minimum atomic E-state index is -1.04. The number of hydrogen-bond donors (Lipinski definition) is 3. The molecule has 1 aromatic rings. The molecule has 1 amide bonds. The van der Waals surface area contributed by atoms with Crippen LogP contribution in [-0.4, -0.2) is 29.6 Å². The second kappa shape index (κ2) is 7.65. The van der Waals surface area contributed by atoms with Gasteiger partial charge in [-0.2, -0.15) is 0 Å². The second-order valence-corrected chi connectivity index (χ2v) is 5.18. The number of benzene rings is 1. The Balaban J connectivity index is 2.73. The van der Waals surface area contributed by atoms with E-state index in [0.29, 0.717) is 0 Å². The number of aliphatic carboxylic acids is 1. The Labute approximate surface area is 119 Å². The summed E-state index contributed by atoms with van der Waals surface area (Å²) in [6.07, 6.45) is 0.261. The number of carboxylic acid groups (broad SMARTS) is 1. The Hall–Kier alpha value is -1.88. The average molecular weight is 278 g/mol. The van der Waals surface area contributed by atoms with Crippen molar-refractivity contribution in [2.45, 2.75) is 26.3 Å². The summed E-state index contributed by atoms with van der Waals surface area (Å²) in [7, 11) is 0. The van der Waals surface area contributed by atoms with E-state index in [-0.39, 0.29) is 30.7 Å². The van der Waals surface area contributed by atoms with Crippen LogP contribution in [0.2, 0.25) is 0 Å². The quantitative estimate of drug-likeness (QED) is 0.694. The lowest BCUT2D eigenvalue weighted by molar-refractivity contribution is -0.142. The molecule has 0 saturated carbocycles. The minimum Gasteiger partial charge on any atom is -0.480 e. The zero-order valence-corrected chi connectivity index (χ0v) is 11.9. The van der Waals surface area contributed by atoms with Crippen LogP contribution in [0.4, 0.5) is 0 Å². The highest BCUT2D eigenvalue weighted by atomic mass is 16.4. The van der Waals surface area contributed by atoms with Crippen LogP contribution in [0.15, 0.2) is 30.3 Å². The summed E-state index contributed by atoms with van der Waals surface area (Å²) in [4.78, 5) is 23.3. The molecule has 1 aromatic carbocycles. The summed E-state index contributed by atoms with van der Waals surface area (Å²) < 4.78 is 0. The molecule has 4 N–H and O–H groups in total. The van der Waals surface area contributed by atoms with Crippen molar-refractivity contribution in [3.05, 3.63) is 35.9 Å². The fourth-order valence-corrected chi connectivity index (χ4v) is 2.01. The topological polar surface area (TPSA) is 92.4 Å². The highest BCUT2D eigenvalue weighted by Crippen LogP contribution is 2.10. The van der Waals surface area contributed by atoms with E-state index < -0.39 is 12.0 Å². The van der Waals surface area contributed by atoms with Gasteiger partial charge in [0, 0.05) is 13.0 Å². The number of nitrogens with two attached hydrogens (primary N) is 1. The standard InChI is InChI=1S/C15H22N2O3/c1-10(2)12(9-16)14(18)17-13(15(19)20)8-11-6-4-3-5-7-11/h3-7,10,12-13H,8-9,16H2,1-2H3,(H,17,18)(H,19,20)/t12?,13-/m0/s1. The number of carbonyl (C=O) groups is 2. The van der Waals surface area contributed by atoms with E-state index in [4.69, 9.17) is 5.73 Å². The molecule has 1 rings (SSSR count). The SMILES string of the molecule is CC(C)C(CN)C(=O)N[C@@H](Cc1ccccc1)C(=O)O. The smallest absolute Gasteiger partial charge is 0.326 e. The number of amides is 1. The Bertz CT molecular complexity index is 446. The molecule has 2 atom stereocenters. The van der Waals surface area contributed by atoms with Crippen molar-refractivity contribution in [2.24, 2.45) is 17.6 Å². The summed E-state index contributed by atoms with van der Waals surface area (Å²) in [5.41, 5.74) is 6.44. The van der Waals surface area contributed by atoms with Crippen molar-refractivity contribution in [2.75, 3.05) is 6.54 Å². The maximum absolute atomic E-state index is 12.1. The fraction of sp³-hybridized carbons (Fsp3) is 0.467. The monoisotopic (exact) mass is 278 g/mol. The number of rotatable bonds is 7. The summed E-state index contributed by atoms with van der Waals surface area (Å²) in [6.45, 7) is 4.00. The van der Waals surface area contributed by atoms with Crippen LogP contribution in [0.25, 0.3) is 0 Å². The third-order valence-electron chi connectivity index (χ3n) is 3.29. The Morgan fingerprint density at radius 3 is 2.30 bits per heavy atom. The molecule has 5 nitrogen and oxygen atoms in total. The minimum absolute atomic E-state index is 0.0752. The van der Waals surface area contributed by atoms with Crippen LogP contribution >= 0.6 is 0 Å². The van der Waals surface area contributed by atoms with E-state index in [1.165, 1.54) is 0 Å². The first-order chi connectivity index (χ1) is 9.45. The number of carbonyl (C=O) groups excluding carboxylic acids is 1. The third-order valence-corrected chi connectivity index (χ3v) is 3.29. The van der Waals surface area contributed by atoms with Crippen LogP contribution in [0.3, 0.4) is 0 Å². The largest absolute Gasteiger partial charge is 0.480 e. The summed E-state index contributed by atoms with van der Waals surface area (Å²) in [5, 5.41) is 11.8. The Morgan fingerprint density at radius 1 is 1.25 bits per heavy atom. The zero-order chi connectivity index (χ0) is 15.1. The van der Waals surface area contributed by atoms with Gasteiger partial charge in [-0.1, -0.05) is 44.2 Å². The number of carboxylic acids is 1. The van der Waals surface area contributed by atoms with Crippen LogP contribution in [0.5, 0.6) is 0 Å². The molecule has 0 aliphatic rings. The highest BCUT2D eigenvalue weighted by Gasteiger charge is 2.26. The van der Waals surface area contributed by atoms with Gasteiger partial charge in [0.1, 0.15) is 6.04 Å². The van der Waals surface area contributed by atoms with E-state index in [0.717, 1.165) is 5.56 Å². The molecule has 0 aliphatic carbocycles. The Kier molecular flexibility index (Phi) is 6.18. The van der Waals surface area contributed by atoms with E-state index >= 15 is 0 Å². The first-order valence-electron chi connectivity index (χ1n) is 6.72. The van der Waals surface area contributed by atoms with Crippen molar-refractivity contribution in [3.63, 3.8) is 0 Å². The molecule has 0 heterocycles. The van der Waals surface area contributed by atoms with E-state index in [2.05, 4.69) is 5.32 Å². The molecule has 0 spiro atoms. The molecule has 110 valence electrons. The van der Waals surface area contributed by atoms with Gasteiger partial charge in [-0.25, -0.2) is 4.79 Å². The van der Waals surface area contributed by atoms with E-state index in [9.17, 15) is 14.7 Å². The van der Waals surface area contributed by atoms with Crippen LogP contribution in [0.1, 0.15) is 19.4 Å². The maximum Gasteiger partial charge on any atom is 0.326 e. The summed E-state index contributed by atoms with van der Waals surface area (Å²) in [6, 6.07) is 8.29. The van der Waals surface area contributed by atoms with Crippen molar-refractivity contribution in [1.29, 1.82) is 0 Å². The third kappa shape index (κ3) is 4.66. The van der Waals surface area contributed by atoms with E-state index in [1.54, 1.807) is 0 Å². The molecule has 1 unspecified atom stereocenters. The molecular weight excluding hydrogens is 256 g/mol. The van der Waals surface area contributed by atoms with Gasteiger partial charge in [0.25, 0.3) is 0 Å². The van der Waals surface area contributed by atoms with Crippen molar-refractivity contribution in [1.82, 2.24) is 5.32 Å². The van der Waals surface area contributed by atoms with Gasteiger partial charge >= 0.3 is 5.97 Å². The lowest BCUT2D eigenvalue weighted by Gasteiger charge is -2.21. The molecule has 0 bridgehead atoms. The molecule has 0 aromatic heterocycles. The van der Waals surface area contributed by atoms with Gasteiger partial charge in [-0.3, -0.25) is 4.79 Å². The summed E-state index contributed by atoms with van der Waals surface area (Å²) in [5.74, 6) is -1.63. The number of nitrogens with one attached hydrogen (secondary N) is 1. The van der Waals surface area contributed by atoms with E-state index in [1.807, 2.05) is 44.2 Å². The van der Waals surface area contributed by atoms with Crippen molar-refractivity contribution >= 4 is 11.9 Å². The first-order valence-corrected chi connectivity index (χ1v) is 6.72. The van der Waals surface area contributed by atoms with Crippen molar-refractivity contribution < 1.29 is 14.7 Å². The zero-order valence-electron chi connectivity index (χ0n) is 11.9. The van der Waals surface area contributed by atoms with Gasteiger partial charge in [0.15, 0.2) is 0 Å². The summed E-state index contributed by atoms with van der Waals surface area (Å²) >= 11 is 0. The Morgan fingerprint density at radius 2 is 1.85 bits per heavy atom. The lowest BCUT2D eigenvalue weighted by atomic mass is 9.94. The van der Waals surface area contributed by atoms with Crippen molar-refractivity contribution in [3.8, 4) is 0 Å². The fourth-order valence-electron chi connectivity index (χ4n) is 2.01. The van der Waals surface area contributed by atoms with Gasteiger partial charge < -0.3 is 16.2 Å². The van der Waals surface area contributed by atoms with Gasteiger partial charge in [-0.05, 0) is 11.5 Å². The molecule has 0 saturated heterocycles. The maximum atomic E-state index is 12.1. The highest BCUT2D eigenvalue weighted by molar-refractivity contribution is 5.85. The number of hydrogen-bond acceptors (Lipinski definition) is 3. The predicted octanol–water partition coefficient (Wildman–Crippen LogP) is 1.03. The first kappa shape index (κ1) is 16.2. The molecule has 0 fully saturated rings. The van der Waals surface area contributed by atoms with Crippen LogP contribution < -0.4 is 11.1 Å². The average Bonchev–Trinajstić information content (AvgIpc) is 2.39.